The number of hydrogen-bond acceptors (Lipinski definition) is 6. The number of rotatable bonds is 7. The van der Waals surface area contributed by atoms with Crippen LogP contribution in [-0.2, 0) is 4.79 Å². The van der Waals surface area contributed by atoms with Gasteiger partial charge in [0.05, 0.1) is 26.4 Å². The lowest BCUT2D eigenvalue weighted by molar-refractivity contribution is -0.113. The molecule has 10 heteroatoms. The average molecular weight is 520 g/mol. The summed E-state index contributed by atoms with van der Waals surface area (Å²) in [6.45, 7) is 0. The van der Waals surface area contributed by atoms with Gasteiger partial charge in [-0.15, -0.1) is 34.4 Å². The van der Waals surface area contributed by atoms with E-state index < -0.39 is 0 Å². The first-order valence-corrected chi connectivity index (χ1v) is 12.8. The second-order valence-corrected chi connectivity index (χ2v) is 10.1. The highest BCUT2D eigenvalue weighted by molar-refractivity contribution is 8.00. The van der Waals surface area contributed by atoms with Gasteiger partial charge in [-0.1, -0.05) is 41.4 Å². The fraction of sp³-hybridized carbons (Fsp3) is 0.0455. The lowest BCUT2D eigenvalue weighted by Crippen LogP contribution is -2.14. The van der Waals surface area contributed by atoms with Gasteiger partial charge in [-0.25, -0.2) is 4.98 Å². The Hall–Kier alpha value is -2.36. The molecule has 5 nitrogen and oxygen atoms in total. The Bertz CT molecular complexity index is 1260. The number of hydrogen-bond donors (Lipinski definition) is 2. The number of nitrogens with one attached hydrogen (secondary N) is 2. The van der Waals surface area contributed by atoms with Crippen molar-refractivity contribution in [2.75, 3.05) is 16.4 Å². The minimum atomic E-state index is -0.168. The zero-order valence-corrected chi connectivity index (χ0v) is 20.3. The van der Waals surface area contributed by atoms with Gasteiger partial charge in [-0.2, -0.15) is 0 Å². The maximum absolute atomic E-state index is 12.4. The molecule has 4 aromatic rings. The molecule has 4 rings (SSSR count). The number of aromatic nitrogens is 1. The number of benzene rings is 2. The normalized spacial score (nSPS) is 10.7. The minimum Gasteiger partial charge on any atom is -0.321 e. The maximum atomic E-state index is 12.4. The number of nitrogens with zero attached hydrogens (tertiary/aromatic N) is 1. The fourth-order valence-electron chi connectivity index (χ4n) is 2.69. The molecule has 0 unspecified atom stereocenters. The molecular weight excluding hydrogens is 505 g/mol. The van der Waals surface area contributed by atoms with Crippen LogP contribution in [0.15, 0.2) is 70.3 Å². The van der Waals surface area contributed by atoms with Gasteiger partial charge in [0.15, 0.2) is 5.13 Å². The van der Waals surface area contributed by atoms with Crippen molar-refractivity contribution in [3.8, 4) is 11.3 Å². The quantitative estimate of drug-likeness (QED) is 0.254. The lowest BCUT2D eigenvalue weighted by atomic mass is 10.2. The third kappa shape index (κ3) is 5.90. The highest BCUT2D eigenvalue weighted by atomic mass is 35.5. The average Bonchev–Trinajstić information content (AvgIpc) is 3.47. The smallest absolute Gasteiger partial charge is 0.265 e. The number of thiophene rings is 1. The van der Waals surface area contributed by atoms with Crippen molar-refractivity contribution in [2.24, 2.45) is 0 Å². The summed E-state index contributed by atoms with van der Waals surface area (Å²) < 4.78 is 0. The molecule has 0 spiro atoms. The number of amides is 2. The van der Waals surface area contributed by atoms with Crippen LogP contribution in [0, 0.1) is 0 Å². The van der Waals surface area contributed by atoms with Gasteiger partial charge in [0.1, 0.15) is 0 Å². The van der Waals surface area contributed by atoms with Gasteiger partial charge in [0, 0.05) is 21.5 Å². The summed E-state index contributed by atoms with van der Waals surface area (Å²) in [6.07, 6.45) is 0. The van der Waals surface area contributed by atoms with E-state index in [9.17, 15) is 9.59 Å². The second-order valence-electron chi connectivity index (χ2n) is 6.46. The first kappa shape index (κ1) is 22.8. The van der Waals surface area contributed by atoms with Gasteiger partial charge < -0.3 is 10.6 Å². The zero-order chi connectivity index (χ0) is 22.5. The molecule has 2 amide bonds. The molecule has 2 aromatic carbocycles. The van der Waals surface area contributed by atoms with Crippen molar-refractivity contribution in [1.82, 2.24) is 4.98 Å². The van der Waals surface area contributed by atoms with Crippen LogP contribution in [-0.4, -0.2) is 22.6 Å². The number of anilines is 2. The molecule has 2 aromatic heterocycles. The first-order valence-electron chi connectivity index (χ1n) is 9.26. The topological polar surface area (TPSA) is 71.1 Å². The molecule has 2 N–H and O–H groups in total. The zero-order valence-electron chi connectivity index (χ0n) is 16.3. The number of thiazole rings is 1. The highest BCUT2D eigenvalue weighted by Gasteiger charge is 2.11. The van der Waals surface area contributed by atoms with Gasteiger partial charge in [0.25, 0.3) is 5.91 Å². The van der Waals surface area contributed by atoms with Crippen molar-refractivity contribution in [2.45, 2.75) is 4.90 Å². The van der Waals surface area contributed by atoms with Gasteiger partial charge >= 0.3 is 0 Å². The number of carbonyl (C=O) groups excluding carboxylic acids is 2. The predicted octanol–water partition coefficient (Wildman–Crippen LogP) is 7.16. The Morgan fingerprint density at radius 1 is 0.969 bits per heavy atom. The predicted molar refractivity (Wildman–Crippen MR) is 136 cm³/mol. The van der Waals surface area contributed by atoms with Crippen molar-refractivity contribution in [3.05, 3.63) is 80.3 Å². The molecule has 0 saturated heterocycles. The SMILES string of the molecule is O=C(CSc1cccc(NC(=O)c2cccs2)c1)Nc1nc(-c2ccc(Cl)c(Cl)c2)cs1. The second kappa shape index (κ2) is 10.5. The van der Waals surface area contributed by atoms with Crippen LogP contribution in [0.3, 0.4) is 0 Å². The van der Waals surface area contributed by atoms with Gasteiger partial charge in [-0.05, 0) is 41.8 Å². The maximum Gasteiger partial charge on any atom is 0.265 e. The van der Waals surface area contributed by atoms with Gasteiger partial charge in [0.2, 0.25) is 5.91 Å². The van der Waals surface area contributed by atoms with Crippen LogP contribution in [0.4, 0.5) is 10.8 Å². The standard InChI is InChI=1S/C22H15Cl2N3O2S3/c23-16-7-6-13(9-17(16)24)18-11-32-22(26-18)27-20(28)12-31-15-4-1-3-14(10-15)25-21(29)19-5-2-8-30-19/h1-11H,12H2,(H,25,29)(H,26,27,28). The van der Waals surface area contributed by atoms with Crippen molar-refractivity contribution < 1.29 is 9.59 Å². The number of halogens is 2. The monoisotopic (exact) mass is 519 g/mol. The number of carbonyl (C=O) groups is 2. The summed E-state index contributed by atoms with van der Waals surface area (Å²) in [5.41, 5.74) is 2.22. The molecule has 0 aliphatic heterocycles. The van der Waals surface area contributed by atoms with Crippen LogP contribution in [0.2, 0.25) is 10.0 Å². The van der Waals surface area contributed by atoms with Crippen LogP contribution < -0.4 is 10.6 Å². The van der Waals surface area contributed by atoms with E-state index in [4.69, 9.17) is 23.2 Å². The summed E-state index contributed by atoms with van der Waals surface area (Å²) in [6, 6.07) is 16.3. The third-order valence-corrected chi connectivity index (χ3v) is 7.53. The van der Waals surface area contributed by atoms with E-state index in [0.717, 1.165) is 10.5 Å². The van der Waals surface area contributed by atoms with Crippen molar-refractivity contribution in [3.63, 3.8) is 0 Å². The Morgan fingerprint density at radius 3 is 2.62 bits per heavy atom. The molecule has 2 heterocycles. The molecule has 162 valence electrons. The van der Waals surface area contributed by atoms with Crippen LogP contribution >= 0.6 is 57.6 Å². The van der Waals surface area contributed by atoms with E-state index >= 15 is 0 Å². The van der Waals surface area contributed by atoms with E-state index in [1.807, 2.05) is 47.2 Å². The Balaban J connectivity index is 1.32. The largest absolute Gasteiger partial charge is 0.321 e. The summed E-state index contributed by atoms with van der Waals surface area (Å²) in [5, 5.41) is 10.8. The molecule has 0 aliphatic carbocycles. The Morgan fingerprint density at radius 2 is 1.84 bits per heavy atom. The highest BCUT2D eigenvalue weighted by Crippen LogP contribution is 2.30. The van der Waals surface area contributed by atoms with E-state index in [-0.39, 0.29) is 17.6 Å². The summed E-state index contributed by atoms with van der Waals surface area (Å²) in [7, 11) is 0. The minimum absolute atomic E-state index is 0.151. The summed E-state index contributed by atoms with van der Waals surface area (Å²) in [4.78, 5) is 30.5. The molecular formula is C22H15Cl2N3O2S3. The van der Waals surface area contributed by atoms with E-state index in [2.05, 4.69) is 15.6 Å². The molecule has 0 bridgehead atoms. The summed E-state index contributed by atoms with van der Waals surface area (Å²) in [5.74, 6) is -0.108. The van der Waals surface area contributed by atoms with E-state index in [0.29, 0.717) is 31.4 Å². The third-order valence-electron chi connectivity index (χ3n) is 4.17. The molecule has 0 aliphatic rings. The van der Waals surface area contributed by atoms with Crippen molar-refractivity contribution in [1.29, 1.82) is 0 Å². The summed E-state index contributed by atoms with van der Waals surface area (Å²) >= 11 is 16.1. The van der Waals surface area contributed by atoms with Gasteiger partial charge in [-0.3, -0.25) is 9.59 Å². The Kier molecular flexibility index (Phi) is 7.49. The molecule has 32 heavy (non-hydrogen) atoms. The van der Waals surface area contributed by atoms with Crippen LogP contribution in [0.1, 0.15) is 9.67 Å². The lowest BCUT2D eigenvalue weighted by Gasteiger charge is -2.06. The number of thioether (sulfide) groups is 1. The van der Waals surface area contributed by atoms with E-state index in [1.165, 1.54) is 34.4 Å². The van der Waals surface area contributed by atoms with E-state index in [1.54, 1.807) is 18.2 Å². The molecule has 0 fully saturated rings. The molecule has 0 radical (unpaired) electrons. The molecule has 0 atom stereocenters. The van der Waals surface area contributed by atoms with Crippen molar-refractivity contribution >= 4 is 80.3 Å². The van der Waals surface area contributed by atoms with Crippen LogP contribution in [0.25, 0.3) is 11.3 Å². The fourth-order valence-corrected chi connectivity index (χ4v) is 5.10. The van der Waals surface area contributed by atoms with Crippen LogP contribution in [0.5, 0.6) is 0 Å². The molecule has 0 saturated carbocycles. The Labute approximate surface area is 206 Å². The first-order chi connectivity index (χ1) is 15.5.